The average Bonchev–Trinajstić information content (AvgIpc) is 2.59. The number of hydrogen-bond donors (Lipinski definition) is 2. The number of anilines is 1. The van der Waals surface area contributed by atoms with Crippen molar-refractivity contribution in [3.63, 3.8) is 0 Å². The number of aromatic nitrogens is 4. The number of rotatable bonds is 1. The van der Waals surface area contributed by atoms with Crippen molar-refractivity contribution in [3.8, 4) is 0 Å². The number of fused-ring (bicyclic) bond motifs is 1. The van der Waals surface area contributed by atoms with E-state index in [0.29, 0.717) is 0 Å². The second-order valence-electron chi connectivity index (χ2n) is 2.71. The molecule has 0 saturated heterocycles. The Hall–Kier alpha value is -2.38. The lowest BCUT2D eigenvalue weighted by atomic mass is 10.3. The predicted molar refractivity (Wildman–Crippen MR) is 49.4 cm³/mol. The smallest absolute Gasteiger partial charge is 0.345 e. The molecule has 0 aliphatic carbocycles. The van der Waals surface area contributed by atoms with Crippen molar-refractivity contribution in [2.45, 2.75) is 0 Å². The maximum atomic E-state index is 11.6. The summed E-state index contributed by atoms with van der Waals surface area (Å²) in [6, 6.07) is 0. The van der Waals surface area contributed by atoms with Crippen LogP contribution < -0.4 is 11.3 Å². The zero-order valence-electron chi connectivity index (χ0n) is 7.72. The average molecular weight is 209 g/mol. The molecule has 0 radical (unpaired) electrons. The van der Waals surface area contributed by atoms with Crippen LogP contribution in [0.1, 0.15) is 10.4 Å². The third kappa shape index (κ3) is 1.31. The molecule has 0 atom stereocenters. The van der Waals surface area contributed by atoms with E-state index in [-0.39, 0.29) is 17.3 Å². The summed E-state index contributed by atoms with van der Waals surface area (Å²) in [5.41, 5.74) is 4.55. The molecule has 0 spiro atoms. The fraction of sp³-hybridized carbons (Fsp3) is 0.143. The number of carbonyl (C=O) groups excluding carboxylic acids is 1. The highest BCUT2D eigenvalue weighted by molar-refractivity contribution is 5.88. The van der Waals surface area contributed by atoms with Crippen LogP contribution in [0.5, 0.6) is 0 Å². The fourth-order valence-corrected chi connectivity index (χ4v) is 1.12. The van der Waals surface area contributed by atoms with Crippen LogP contribution in [0.2, 0.25) is 0 Å². The van der Waals surface area contributed by atoms with Gasteiger partial charge in [-0.25, -0.2) is 9.78 Å². The van der Waals surface area contributed by atoms with Gasteiger partial charge in [0.15, 0.2) is 0 Å². The highest BCUT2D eigenvalue weighted by Crippen LogP contribution is 1.97. The lowest BCUT2D eigenvalue weighted by Gasteiger charge is -1.96. The van der Waals surface area contributed by atoms with Crippen molar-refractivity contribution in [3.05, 3.63) is 22.1 Å². The van der Waals surface area contributed by atoms with Gasteiger partial charge in [0.2, 0.25) is 5.95 Å². The van der Waals surface area contributed by atoms with Crippen LogP contribution in [0.15, 0.2) is 11.0 Å². The molecule has 2 aromatic rings. The van der Waals surface area contributed by atoms with E-state index in [1.807, 2.05) is 0 Å². The van der Waals surface area contributed by atoms with Gasteiger partial charge >= 0.3 is 5.97 Å². The monoisotopic (exact) mass is 209 g/mol. The summed E-state index contributed by atoms with van der Waals surface area (Å²) in [5.74, 6) is -0.609. The van der Waals surface area contributed by atoms with Crippen LogP contribution in [0.3, 0.4) is 0 Å². The lowest BCUT2D eigenvalue weighted by molar-refractivity contribution is 0.0598. The Balaban J connectivity index is 2.75. The number of nitrogen functional groups attached to an aromatic ring is 1. The molecule has 0 aromatic carbocycles. The predicted octanol–water partition coefficient (Wildman–Crippen LogP) is -1.21. The summed E-state index contributed by atoms with van der Waals surface area (Å²) >= 11 is 0. The van der Waals surface area contributed by atoms with Crippen LogP contribution in [-0.4, -0.2) is 32.7 Å². The molecule has 0 unspecified atom stereocenters. The third-order valence-electron chi connectivity index (χ3n) is 1.79. The van der Waals surface area contributed by atoms with Gasteiger partial charge in [0.25, 0.3) is 11.3 Å². The summed E-state index contributed by atoms with van der Waals surface area (Å²) in [4.78, 5) is 30.3. The second-order valence-corrected chi connectivity index (χ2v) is 2.71. The van der Waals surface area contributed by atoms with E-state index in [0.717, 1.165) is 10.7 Å². The molecule has 2 rings (SSSR count). The molecule has 0 bridgehead atoms. The Kier molecular flexibility index (Phi) is 1.89. The first-order valence-electron chi connectivity index (χ1n) is 3.95. The minimum absolute atomic E-state index is 0.0432. The van der Waals surface area contributed by atoms with E-state index in [4.69, 9.17) is 5.73 Å². The number of methoxy groups -OCH3 is 1. The number of hydrogen-bond acceptors (Lipinski definition) is 6. The topological polar surface area (TPSA) is 115 Å². The van der Waals surface area contributed by atoms with Crippen LogP contribution >= 0.6 is 0 Å². The number of ether oxygens (including phenoxy) is 1. The van der Waals surface area contributed by atoms with Gasteiger partial charge in [-0.15, -0.1) is 0 Å². The van der Waals surface area contributed by atoms with E-state index in [1.54, 1.807) is 0 Å². The van der Waals surface area contributed by atoms with Gasteiger partial charge in [-0.2, -0.15) is 9.50 Å². The summed E-state index contributed by atoms with van der Waals surface area (Å²) in [7, 11) is 1.18. The molecular formula is C7H7N5O3. The number of carbonyl (C=O) groups is 1. The van der Waals surface area contributed by atoms with Crippen molar-refractivity contribution in [1.82, 2.24) is 19.6 Å². The van der Waals surface area contributed by atoms with Gasteiger partial charge in [-0.05, 0) is 0 Å². The Morgan fingerprint density at radius 2 is 2.40 bits per heavy atom. The summed E-state index contributed by atoms with van der Waals surface area (Å²) < 4.78 is 5.39. The minimum atomic E-state index is -0.755. The van der Waals surface area contributed by atoms with E-state index in [9.17, 15) is 9.59 Å². The van der Waals surface area contributed by atoms with Gasteiger partial charge in [0.1, 0.15) is 5.56 Å². The molecule has 2 aromatic heterocycles. The Morgan fingerprint density at radius 1 is 1.67 bits per heavy atom. The number of nitrogens with zero attached hydrogens (tertiary/aromatic N) is 3. The van der Waals surface area contributed by atoms with Crippen LogP contribution in [0.25, 0.3) is 5.78 Å². The largest absolute Gasteiger partial charge is 0.465 e. The maximum Gasteiger partial charge on any atom is 0.345 e. The highest BCUT2D eigenvalue weighted by atomic mass is 16.5. The Morgan fingerprint density at radius 3 is 3.07 bits per heavy atom. The molecule has 78 valence electrons. The first kappa shape index (κ1) is 9.19. The van der Waals surface area contributed by atoms with E-state index in [1.165, 1.54) is 7.11 Å². The van der Waals surface area contributed by atoms with Crippen LogP contribution in [-0.2, 0) is 4.74 Å². The number of aromatic amines is 1. The number of nitrogens with one attached hydrogen (secondary N) is 1. The molecule has 0 aliphatic heterocycles. The molecule has 15 heavy (non-hydrogen) atoms. The van der Waals surface area contributed by atoms with Crippen molar-refractivity contribution < 1.29 is 9.53 Å². The standard InChI is InChI=1S/C7H7N5O3/c1-15-5(14)3-2-9-7-10-6(8)11-12(7)4(3)13/h2H,1H3,(H3,8,9,10,11). The first-order valence-corrected chi connectivity index (χ1v) is 3.95. The fourth-order valence-electron chi connectivity index (χ4n) is 1.12. The molecule has 8 nitrogen and oxygen atoms in total. The summed E-state index contributed by atoms with van der Waals surface area (Å²) in [5, 5.41) is 2.45. The van der Waals surface area contributed by atoms with E-state index in [2.05, 4.69) is 19.8 Å². The van der Waals surface area contributed by atoms with Crippen molar-refractivity contribution in [1.29, 1.82) is 0 Å². The Labute approximate surface area is 82.7 Å². The minimum Gasteiger partial charge on any atom is -0.465 e. The normalized spacial score (nSPS) is 10.5. The number of H-pyrrole nitrogens is 1. The SMILES string of the molecule is COC(=O)c1cnc2nc(N)[nH]n2c1=O. The maximum absolute atomic E-state index is 11.6. The summed E-state index contributed by atoms with van der Waals surface area (Å²) in [6.45, 7) is 0. The zero-order chi connectivity index (χ0) is 11.0. The highest BCUT2D eigenvalue weighted by Gasteiger charge is 2.14. The van der Waals surface area contributed by atoms with Crippen molar-refractivity contribution >= 4 is 17.7 Å². The van der Waals surface area contributed by atoms with Crippen molar-refractivity contribution in [2.24, 2.45) is 0 Å². The van der Waals surface area contributed by atoms with Gasteiger partial charge in [0.05, 0.1) is 13.3 Å². The number of esters is 1. The molecule has 2 heterocycles. The molecule has 0 fully saturated rings. The van der Waals surface area contributed by atoms with Crippen LogP contribution in [0.4, 0.5) is 5.95 Å². The molecule has 0 saturated carbocycles. The Bertz CT molecular complexity index is 584. The van der Waals surface area contributed by atoms with E-state index >= 15 is 0 Å². The van der Waals surface area contributed by atoms with Gasteiger partial charge in [-0.3, -0.25) is 9.89 Å². The first-order chi connectivity index (χ1) is 7.13. The van der Waals surface area contributed by atoms with Gasteiger partial charge in [-0.1, -0.05) is 0 Å². The summed E-state index contributed by atoms with van der Waals surface area (Å²) in [6.07, 6.45) is 1.10. The molecule has 8 heteroatoms. The van der Waals surface area contributed by atoms with Gasteiger partial charge in [0, 0.05) is 0 Å². The molecule has 0 amide bonds. The van der Waals surface area contributed by atoms with Gasteiger partial charge < -0.3 is 10.5 Å². The molecule has 3 N–H and O–H groups in total. The molecule has 0 aliphatic rings. The zero-order valence-corrected chi connectivity index (χ0v) is 7.72. The second kappa shape index (κ2) is 3.08. The third-order valence-corrected chi connectivity index (χ3v) is 1.79. The lowest BCUT2D eigenvalue weighted by Crippen LogP contribution is -2.24. The van der Waals surface area contributed by atoms with E-state index < -0.39 is 11.5 Å². The molecular weight excluding hydrogens is 202 g/mol. The quantitative estimate of drug-likeness (QED) is 0.569. The number of nitrogens with two attached hydrogens (primary N) is 1. The van der Waals surface area contributed by atoms with Crippen molar-refractivity contribution in [2.75, 3.05) is 12.8 Å². The van der Waals surface area contributed by atoms with Crippen LogP contribution in [0, 0.1) is 0 Å².